The molecule has 0 amide bonds. The van der Waals surface area contributed by atoms with Gasteiger partial charge in [-0.1, -0.05) is 23.7 Å². The van der Waals surface area contributed by atoms with E-state index in [0.717, 1.165) is 66.6 Å². The number of hydrogen-bond donors (Lipinski definition) is 2. The number of hydrogen-bond acceptors (Lipinski definition) is 4. The fraction of sp³-hybridized carbons (Fsp3) is 0.545. The zero-order valence-electron chi connectivity index (χ0n) is 17.7. The highest BCUT2D eigenvalue weighted by Crippen LogP contribution is 2.19. The molecule has 7 heteroatoms. The number of rotatable bonds is 7. The SMILES string of the molecule is CCNC(=NCc1ccc(Cl)cc1)NCC1CCN(Cc2nc(C)c(C)o2)CC1. The van der Waals surface area contributed by atoms with Crippen LogP contribution in [0.2, 0.25) is 5.02 Å². The van der Waals surface area contributed by atoms with Gasteiger partial charge in [-0.15, -0.1) is 0 Å². The van der Waals surface area contributed by atoms with Crippen molar-refractivity contribution >= 4 is 17.6 Å². The third-order valence-electron chi connectivity index (χ3n) is 5.37. The van der Waals surface area contributed by atoms with Crippen LogP contribution < -0.4 is 10.6 Å². The van der Waals surface area contributed by atoms with Gasteiger partial charge in [0.05, 0.1) is 18.8 Å². The highest BCUT2D eigenvalue weighted by atomic mass is 35.5. The molecule has 6 nitrogen and oxygen atoms in total. The van der Waals surface area contributed by atoms with Crippen LogP contribution in [-0.4, -0.2) is 42.0 Å². The van der Waals surface area contributed by atoms with E-state index in [-0.39, 0.29) is 0 Å². The van der Waals surface area contributed by atoms with Gasteiger partial charge in [-0.3, -0.25) is 4.90 Å². The Hall–Kier alpha value is -2.05. The van der Waals surface area contributed by atoms with Gasteiger partial charge in [-0.05, 0) is 70.3 Å². The van der Waals surface area contributed by atoms with Crippen molar-refractivity contribution < 1.29 is 4.42 Å². The van der Waals surface area contributed by atoms with Crippen LogP contribution in [0.25, 0.3) is 0 Å². The van der Waals surface area contributed by atoms with Gasteiger partial charge in [-0.25, -0.2) is 9.98 Å². The molecule has 1 aromatic carbocycles. The van der Waals surface area contributed by atoms with Gasteiger partial charge in [0.25, 0.3) is 0 Å². The largest absolute Gasteiger partial charge is 0.444 e. The molecule has 1 aliphatic heterocycles. The molecule has 2 aromatic rings. The van der Waals surface area contributed by atoms with E-state index in [9.17, 15) is 0 Å². The number of aryl methyl sites for hydroxylation is 2. The lowest BCUT2D eigenvalue weighted by Crippen LogP contribution is -2.42. The molecule has 1 saturated heterocycles. The molecule has 29 heavy (non-hydrogen) atoms. The van der Waals surface area contributed by atoms with E-state index in [2.05, 4.69) is 27.4 Å². The van der Waals surface area contributed by atoms with E-state index < -0.39 is 0 Å². The van der Waals surface area contributed by atoms with E-state index in [4.69, 9.17) is 21.0 Å². The molecule has 0 atom stereocenters. The minimum Gasteiger partial charge on any atom is -0.444 e. The summed E-state index contributed by atoms with van der Waals surface area (Å²) in [5.41, 5.74) is 2.14. The van der Waals surface area contributed by atoms with Gasteiger partial charge in [0.15, 0.2) is 5.96 Å². The lowest BCUT2D eigenvalue weighted by Gasteiger charge is -2.31. The van der Waals surface area contributed by atoms with Crippen molar-refractivity contribution in [3.05, 3.63) is 52.2 Å². The van der Waals surface area contributed by atoms with Gasteiger partial charge in [-0.2, -0.15) is 0 Å². The molecule has 1 aromatic heterocycles. The van der Waals surface area contributed by atoms with Gasteiger partial charge >= 0.3 is 0 Å². The maximum Gasteiger partial charge on any atom is 0.208 e. The van der Waals surface area contributed by atoms with Crippen LogP contribution in [-0.2, 0) is 13.1 Å². The molecule has 0 spiro atoms. The molecule has 1 fully saturated rings. The predicted molar refractivity (Wildman–Crippen MR) is 118 cm³/mol. The summed E-state index contributed by atoms with van der Waals surface area (Å²) >= 11 is 5.95. The number of aliphatic imine (C=N–C) groups is 1. The fourth-order valence-electron chi connectivity index (χ4n) is 3.49. The number of aromatic nitrogens is 1. The van der Waals surface area contributed by atoms with Gasteiger partial charge in [0, 0.05) is 18.1 Å². The first-order chi connectivity index (χ1) is 14.0. The number of likely N-dealkylation sites (tertiary alicyclic amines) is 1. The minimum atomic E-state index is 0.639. The van der Waals surface area contributed by atoms with Crippen LogP contribution in [0.5, 0.6) is 0 Å². The van der Waals surface area contributed by atoms with E-state index in [1.54, 1.807) is 0 Å². The Bertz CT molecular complexity index is 775. The number of benzene rings is 1. The molecule has 2 N–H and O–H groups in total. The van der Waals surface area contributed by atoms with Crippen LogP contribution in [0.15, 0.2) is 33.7 Å². The maximum atomic E-state index is 5.95. The van der Waals surface area contributed by atoms with E-state index >= 15 is 0 Å². The monoisotopic (exact) mass is 417 g/mol. The predicted octanol–water partition coefficient (Wildman–Crippen LogP) is 3.91. The highest BCUT2D eigenvalue weighted by molar-refractivity contribution is 6.30. The third-order valence-corrected chi connectivity index (χ3v) is 5.63. The average molecular weight is 418 g/mol. The summed E-state index contributed by atoms with van der Waals surface area (Å²) in [6.45, 7) is 11.4. The van der Waals surface area contributed by atoms with E-state index in [1.165, 1.54) is 12.8 Å². The van der Waals surface area contributed by atoms with Crippen molar-refractivity contribution in [2.24, 2.45) is 10.9 Å². The summed E-state index contributed by atoms with van der Waals surface area (Å²) in [7, 11) is 0. The molecule has 1 aliphatic rings. The number of guanidine groups is 1. The number of nitrogens with one attached hydrogen (secondary N) is 2. The Morgan fingerprint density at radius 3 is 2.55 bits per heavy atom. The van der Waals surface area contributed by atoms with E-state index in [1.807, 2.05) is 38.1 Å². The highest BCUT2D eigenvalue weighted by Gasteiger charge is 2.21. The zero-order chi connectivity index (χ0) is 20.6. The first-order valence-corrected chi connectivity index (χ1v) is 10.8. The van der Waals surface area contributed by atoms with Gasteiger partial charge in [0.2, 0.25) is 5.89 Å². The molecule has 158 valence electrons. The normalized spacial score (nSPS) is 16.2. The van der Waals surface area contributed by atoms with Crippen molar-refractivity contribution in [1.29, 1.82) is 0 Å². The van der Waals surface area contributed by atoms with Crippen molar-refractivity contribution in [2.45, 2.75) is 46.7 Å². The molecule has 2 heterocycles. The number of nitrogens with zero attached hydrogens (tertiary/aromatic N) is 3. The first-order valence-electron chi connectivity index (χ1n) is 10.5. The molecule has 0 saturated carbocycles. The van der Waals surface area contributed by atoms with Crippen molar-refractivity contribution in [3.63, 3.8) is 0 Å². The van der Waals surface area contributed by atoms with Crippen LogP contribution in [0.3, 0.4) is 0 Å². The Morgan fingerprint density at radius 2 is 1.93 bits per heavy atom. The van der Waals surface area contributed by atoms with Crippen molar-refractivity contribution in [3.8, 4) is 0 Å². The standard InChI is InChI=1S/C22H32ClN5O/c1-4-24-22(25-13-18-5-7-20(23)8-6-18)26-14-19-9-11-28(12-10-19)15-21-27-16(2)17(3)29-21/h5-8,19H,4,9-15H2,1-3H3,(H2,24,25,26). The topological polar surface area (TPSA) is 65.7 Å². The third kappa shape index (κ3) is 6.75. The number of oxazole rings is 1. The number of halogens is 1. The summed E-state index contributed by atoms with van der Waals surface area (Å²) in [5.74, 6) is 3.28. The van der Waals surface area contributed by atoms with E-state index in [0.29, 0.717) is 12.5 Å². The van der Waals surface area contributed by atoms with Gasteiger partial charge in [0.1, 0.15) is 5.76 Å². The fourth-order valence-corrected chi connectivity index (χ4v) is 3.62. The average Bonchev–Trinajstić information content (AvgIpc) is 3.03. The maximum absolute atomic E-state index is 5.95. The quantitative estimate of drug-likeness (QED) is 0.528. The second-order valence-corrected chi connectivity index (χ2v) is 8.11. The smallest absolute Gasteiger partial charge is 0.208 e. The van der Waals surface area contributed by atoms with Gasteiger partial charge < -0.3 is 15.1 Å². The molecule has 0 bridgehead atoms. The summed E-state index contributed by atoms with van der Waals surface area (Å²) in [4.78, 5) is 11.6. The molecule has 0 radical (unpaired) electrons. The van der Waals surface area contributed by atoms with Crippen molar-refractivity contribution in [1.82, 2.24) is 20.5 Å². The summed E-state index contributed by atoms with van der Waals surface area (Å²) in [6, 6.07) is 7.84. The molecular weight excluding hydrogens is 386 g/mol. The Labute approximate surface area is 178 Å². The molecular formula is C22H32ClN5O. The number of piperidine rings is 1. The summed E-state index contributed by atoms with van der Waals surface area (Å²) in [6.07, 6.45) is 2.34. The second kappa shape index (κ2) is 10.6. The summed E-state index contributed by atoms with van der Waals surface area (Å²) < 4.78 is 5.72. The molecule has 0 unspecified atom stereocenters. The van der Waals surface area contributed by atoms with Crippen LogP contribution in [0.4, 0.5) is 0 Å². The van der Waals surface area contributed by atoms with Crippen molar-refractivity contribution in [2.75, 3.05) is 26.2 Å². The minimum absolute atomic E-state index is 0.639. The second-order valence-electron chi connectivity index (χ2n) is 7.67. The van der Waals surface area contributed by atoms with Crippen LogP contribution in [0.1, 0.15) is 42.7 Å². The molecule has 0 aliphatic carbocycles. The summed E-state index contributed by atoms with van der Waals surface area (Å²) in [5, 5.41) is 7.60. The lowest BCUT2D eigenvalue weighted by molar-refractivity contribution is 0.164. The Morgan fingerprint density at radius 1 is 1.21 bits per heavy atom. The lowest BCUT2D eigenvalue weighted by atomic mass is 9.97. The zero-order valence-corrected chi connectivity index (χ0v) is 18.4. The Kier molecular flexibility index (Phi) is 7.95. The van der Waals surface area contributed by atoms with Crippen LogP contribution >= 0.6 is 11.6 Å². The molecule has 3 rings (SSSR count). The van der Waals surface area contributed by atoms with Crippen LogP contribution in [0, 0.1) is 19.8 Å². The Balaban J connectivity index is 1.43. The first kappa shape index (κ1) is 21.7.